The van der Waals surface area contributed by atoms with Crippen LogP contribution in [0.1, 0.15) is 69.1 Å². The van der Waals surface area contributed by atoms with Crippen LogP contribution in [0.2, 0.25) is 0 Å². The lowest BCUT2D eigenvalue weighted by Crippen LogP contribution is -2.50. The number of nitrogens with one attached hydrogen (secondary N) is 1. The number of amides is 2. The molecule has 33 heavy (non-hydrogen) atoms. The van der Waals surface area contributed by atoms with Gasteiger partial charge in [0.2, 0.25) is 11.8 Å². The predicted molar refractivity (Wildman–Crippen MR) is 116 cm³/mol. The van der Waals surface area contributed by atoms with Gasteiger partial charge in [0.25, 0.3) is 0 Å². The summed E-state index contributed by atoms with van der Waals surface area (Å²) in [4.78, 5) is 32.3. The van der Waals surface area contributed by atoms with Crippen molar-refractivity contribution < 1.29 is 23.8 Å². The number of aromatic nitrogens is 4. The number of hydrogen-bond acceptors (Lipinski definition) is 8. The number of rotatable bonds is 8. The normalized spacial score (nSPS) is 21.9. The summed E-state index contributed by atoms with van der Waals surface area (Å²) in [5, 5.41) is 21.6. The van der Waals surface area contributed by atoms with Gasteiger partial charge >= 0.3 is 0 Å². The highest BCUT2D eigenvalue weighted by molar-refractivity contribution is 5.90. The first-order valence-corrected chi connectivity index (χ1v) is 11.3. The van der Waals surface area contributed by atoms with Crippen LogP contribution >= 0.6 is 0 Å². The van der Waals surface area contributed by atoms with E-state index in [1.807, 2.05) is 27.0 Å². The number of hydrogen-bond donors (Lipinski definition) is 2. The minimum absolute atomic E-state index is 0.0898. The van der Waals surface area contributed by atoms with Gasteiger partial charge in [-0.25, -0.2) is 9.67 Å². The molecule has 1 saturated carbocycles. The van der Waals surface area contributed by atoms with Crippen molar-refractivity contribution in [3.8, 4) is 0 Å². The molecule has 1 aliphatic carbocycles. The molecule has 0 spiro atoms. The number of carbonyl (C=O) groups excluding carboxylic acids is 2. The molecule has 2 aromatic rings. The Morgan fingerprint density at radius 1 is 1.36 bits per heavy atom. The van der Waals surface area contributed by atoms with Gasteiger partial charge in [-0.1, -0.05) is 26.0 Å². The topological polar surface area (TPSA) is 136 Å². The Morgan fingerprint density at radius 3 is 2.79 bits per heavy atom. The largest absolute Gasteiger partial charge is 0.446 e. The quantitative estimate of drug-likeness (QED) is 0.599. The monoisotopic (exact) mass is 460 g/mol. The fraction of sp³-hybridized carbons (Fsp3) is 0.682. The molecule has 0 radical (unpaired) electrons. The first-order valence-electron chi connectivity index (χ1n) is 11.3. The van der Waals surface area contributed by atoms with Gasteiger partial charge in [0, 0.05) is 32.2 Å². The van der Waals surface area contributed by atoms with E-state index in [0.29, 0.717) is 17.4 Å². The van der Waals surface area contributed by atoms with E-state index in [4.69, 9.17) is 9.15 Å². The minimum atomic E-state index is -0.790. The Morgan fingerprint density at radius 2 is 2.12 bits per heavy atom. The number of aliphatic hydroxyl groups excluding tert-OH is 1. The second kappa shape index (κ2) is 9.22. The summed E-state index contributed by atoms with van der Waals surface area (Å²) in [5.41, 5.74) is 0.979. The zero-order valence-corrected chi connectivity index (χ0v) is 19.5. The molecule has 2 N–H and O–H groups in total. The highest BCUT2D eigenvalue weighted by Gasteiger charge is 2.45. The van der Waals surface area contributed by atoms with Crippen LogP contribution in [0.25, 0.3) is 0 Å². The summed E-state index contributed by atoms with van der Waals surface area (Å²) in [6, 6.07) is -1.44. The first kappa shape index (κ1) is 23.4. The molecule has 1 saturated heterocycles. The van der Waals surface area contributed by atoms with Crippen molar-refractivity contribution >= 4 is 11.8 Å². The molecule has 2 fully saturated rings. The van der Waals surface area contributed by atoms with Crippen molar-refractivity contribution in [1.82, 2.24) is 30.2 Å². The van der Waals surface area contributed by atoms with Gasteiger partial charge in [0.15, 0.2) is 12.2 Å². The van der Waals surface area contributed by atoms with E-state index in [9.17, 15) is 14.7 Å². The predicted octanol–water partition coefficient (Wildman–Crippen LogP) is 1.16. The van der Waals surface area contributed by atoms with E-state index in [1.165, 1.54) is 11.3 Å². The van der Waals surface area contributed by atoms with Crippen molar-refractivity contribution in [1.29, 1.82) is 0 Å². The molecule has 180 valence electrons. The number of carbonyl (C=O) groups is 2. The lowest BCUT2D eigenvalue weighted by atomic mass is 9.85. The zero-order chi connectivity index (χ0) is 23.8. The van der Waals surface area contributed by atoms with Crippen LogP contribution in [0.3, 0.4) is 0 Å². The maximum atomic E-state index is 13.7. The molecule has 3 heterocycles. The SMILES string of the molecule is COCc1ocnc1CNC(=O)[C@@H]1C[C@@H](O)CN1C(=O)[C@@H](n1cc(C2CC2)nn1)C(C)(C)C. The van der Waals surface area contributed by atoms with E-state index < -0.39 is 23.6 Å². The number of methoxy groups -OCH3 is 1. The molecule has 0 unspecified atom stereocenters. The van der Waals surface area contributed by atoms with Crippen molar-refractivity contribution in [2.75, 3.05) is 13.7 Å². The van der Waals surface area contributed by atoms with Gasteiger partial charge in [-0.3, -0.25) is 9.59 Å². The fourth-order valence-corrected chi connectivity index (χ4v) is 4.30. The van der Waals surface area contributed by atoms with Gasteiger partial charge in [0.1, 0.15) is 24.4 Å². The highest BCUT2D eigenvalue weighted by Crippen LogP contribution is 2.40. The summed E-state index contributed by atoms with van der Waals surface area (Å²) in [6.45, 7) is 6.34. The van der Waals surface area contributed by atoms with Gasteiger partial charge < -0.3 is 24.5 Å². The molecular formula is C22H32N6O5. The molecule has 4 rings (SSSR count). The second-order valence-electron chi connectivity index (χ2n) is 9.94. The van der Waals surface area contributed by atoms with E-state index in [1.54, 1.807) is 11.8 Å². The molecule has 2 aromatic heterocycles. The summed E-state index contributed by atoms with van der Waals surface area (Å²) in [5.74, 6) is 0.341. The molecule has 0 aromatic carbocycles. The smallest absolute Gasteiger partial charge is 0.248 e. The van der Waals surface area contributed by atoms with Crippen LogP contribution in [0.15, 0.2) is 17.0 Å². The Hall–Kier alpha value is -2.79. The lowest BCUT2D eigenvalue weighted by Gasteiger charge is -2.34. The summed E-state index contributed by atoms with van der Waals surface area (Å²) in [7, 11) is 1.54. The average Bonchev–Trinajstić information content (AvgIpc) is 3.13. The maximum Gasteiger partial charge on any atom is 0.248 e. The van der Waals surface area contributed by atoms with Crippen LogP contribution in [-0.4, -0.2) is 67.6 Å². The summed E-state index contributed by atoms with van der Waals surface area (Å²) in [6.07, 6.45) is 4.71. The van der Waals surface area contributed by atoms with Gasteiger partial charge in [-0.2, -0.15) is 0 Å². The van der Waals surface area contributed by atoms with Crippen LogP contribution in [0, 0.1) is 5.41 Å². The number of likely N-dealkylation sites (tertiary alicyclic amines) is 1. The highest BCUT2D eigenvalue weighted by atomic mass is 16.5. The minimum Gasteiger partial charge on any atom is -0.446 e. The standard InChI is InChI=1S/C22H32N6O5/c1-22(2,3)19(28-10-16(25-26-28)13-5-6-13)21(31)27-9-14(29)7-17(27)20(30)23-8-15-18(11-32-4)33-12-24-15/h10,12-14,17,19,29H,5-9,11H2,1-4H3,(H,23,30)/t14-,17+,19-/m1/s1. The number of ether oxygens (including phenoxy) is 1. The van der Waals surface area contributed by atoms with Crippen molar-refractivity contribution in [3.05, 3.63) is 29.7 Å². The average molecular weight is 461 g/mol. The van der Waals surface area contributed by atoms with Crippen molar-refractivity contribution in [3.63, 3.8) is 0 Å². The van der Waals surface area contributed by atoms with Gasteiger partial charge in [-0.05, 0) is 18.3 Å². The van der Waals surface area contributed by atoms with Crippen LogP contribution in [-0.2, 0) is 27.5 Å². The van der Waals surface area contributed by atoms with Gasteiger partial charge in [-0.15, -0.1) is 5.10 Å². The van der Waals surface area contributed by atoms with Crippen molar-refractivity contribution in [2.45, 2.75) is 77.3 Å². The number of oxazole rings is 1. The molecule has 2 aliphatic rings. The molecule has 11 heteroatoms. The maximum absolute atomic E-state index is 13.7. The van der Waals surface area contributed by atoms with E-state index in [2.05, 4.69) is 20.6 Å². The van der Waals surface area contributed by atoms with Crippen molar-refractivity contribution in [2.24, 2.45) is 5.41 Å². The molecular weight excluding hydrogens is 428 g/mol. The second-order valence-corrected chi connectivity index (χ2v) is 9.94. The summed E-state index contributed by atoms with van der Waals surface area (Å²) >= 11 is 0. The number of aliphatic hydroxyl groups is 1. The van der Waals surface area contributed by atoms with E-state index in [-0.39, 0.29) is 37.9 Å². The lowest BCUT2D eigenvalue weighted by molar-refractivity contribution is -0.144. The Labute approximate surface area is 192 Å². The third kappa shape index (κ3) is 5.09. The molecule has 1 aliphatic heterocycles. The Balaban J connectivity index is 1.50. The number of β-amino-alcohol motifs (C(OH)–C–C–N with tert-alkyl or cyclic N) is 1. The Kier molecular flexibility index (Phi) is 6.53. The zero-order valence-electron chi connectivity index (χ0n) is 19.5. The molecule has 0 bridgehead atoms. The number of nitrogens with zero attached hydrogens (tertiary/aromatic N) is 5. The van der Waals surface area contributed by atoms with E-state index >= 15 is 0 Å². The molecule has 11 nitrogen and oxygen atoms in total. The van der Waals surface area contributed by atoms with E-state index in [0.717, 1.165) is 18.5 Å². The first-order chi connectivity index (χ1) is 15.7. The Bertz CT molecular complexity index is 992. The van der Waals surface area contributed by atoms with Crippen LogP contribution in [0.5, 0.6) is 0 Å². The third-order valence-electron chi connectivity index (χ3n) is 6.14. The van der Waals surface area contributed by atoms with Crippen LogP contribution in [0.4, 0.5) is 0 Å². The molecule has 3 atom stereocenters. The molecule has 2 amide bonds. The third-order valence-corrected chi connectivity index (χ3v) is 6.14. The van der Waals surface area contributed by atoms with Crippen LogP contribution < -0.4 is 5.32 Å². The van der Waals surface area contributed by atoms with Gasteiger partial charge in [0.05, 0.1) is 18.3 Å². The fourth-order valence-electron chi connectivity index (χ4n) is 4.30. The summed E-state index contributed by atoms with van der Waals surface area (Å²) < 4.78 is 12.0.